The molecular formula is C16H12F3NO5S2. The molecule has 0 amide bonds. The van der Waals surface area contributed by atoms with Gasteiger partial charge in [-0.1, -0.05) is 13.0 Å². The topological polar surface area (TPSA) is 74.0 Å². The molecule has 27 heavy (non-hydrogen) atoms. The number of rotatable bonds is 5. The van der Waals surface area contributed by atoms with Crippen LogP contribution in [-0.4, -0.2) is 27.0 Å². The van der Waals surface area contributed by atoms with E-state index in [2.05, 4.69) is 9.03 Å². The minimum atomic E-state index is -5.88. The van der Waals surface area contributed by atoms with Crippen molar-refractivity contribution in [3.63, 3.8) is 0 Å². The number of nitrogens with zero attached hydrogens (tertiary/aromatic N) is 1. The molecule has 2 rings (SSSR count). The SMILES string of the molecule is [C-]#[N+]c1cc(-c2cc(CC)c(C(=O)OC)s2)ccc1OS(=O)(=O)C(F)(F)F. The number of methoxy groups -OCH3 is 1. The van der Waals surface area contributed by atoms with Gasteiger partial charge in [-0.05, 0) is 35.7 Å². The van der Waals surface area contributed by atoms with Crippen molar-refractivity contribution in [2.45, 2.75) is 18.9 Å². The van der Waals surface area contributed by atoms with Gasteiger partial charge in [0, 0.05) is 4.88 Å². The molecule has 0 unspecified atom stereocenters. The predicted molar refractivity (Wildman–Crippen MR) is 92.3 cm³/mol. The highest BCUT2D eigenvalue weighted by Gasteiger charge is 2.48. The summed E-state index contributed by atoms with van der Waals surface area (Å²) in [6.07, 6.45) is 0.543. The molecule has 1 heterocycles. The number of benzene rings is 1. The number of esters is 1. The first-order valence-electron chi connectivity index (χ1n) is 7.27. The smallest absolute Gasteiger partial charge is 0.465 e. The summed E-state index contributed by atoms with van der Waals surface area (Å²) in [4.78, 5) is 15.8. The van der Waals surface area contributed by atoms with Crippen LogP contribution >= 0.6 is 11.3 Å². The summed E-state index contributed by atoms with van der Waals surface area (Å²) in [7, 11) is -4.64. The van der Waals surface area contributed by atoms with E-state index in [1.807, 2.05) is 6.92 Å². The first-order chi connectivity index (χ1) is 12.5. The first kappa shape index (κ1) is 20.7. The third kappa shape index (κ3) is 4.23. The van der Waals surface area contributed by atoms with E-state index >= 15 is 0 Å². The van der Waals surface area contributed by atoms with Gasteiger partial charge in [-0.25, -0.2) is 9.64 Å². The van der Waals surface area contributed by atoms with E-state index in [1.165, 1.54) is 19.2 Å². The lowest BCUT2D eigenvalue weighted by molar-refractivity contribution is -0.0499. The van der Waals surface area contributed by atoms with Crippen molar-refractivity contribution < 1.29 is 35.3 Å². The van der Waals surface area contributed by atoms with Crippen LogP contribution in [0.1, 0.15) is 22.2 Å². The molecule has 0 bridgehead atoms. The summed E-state index contributed by atoms with van der Waals surface area (Å²) in [5.74, 6) is -1.25. The normalized spacial score (nSPS) is 11.7. The third-order valence-corrected chi connectivity index (χ3v) is 5.58. The van der Waals surface area contributed by atoms with Gasteiger partial charge < -0.3 is 8.92 Å². The Hall–Kier alpha value is -2.58. The lowest BCUT2D eigenvalue weighted by Gasteiger charge is -2.11. The molecule has 0 radical (unpaired) electrons. The molecule has 0 saturated carbocycles. The fourth-order valence-electron chi connectivity index (χ4n) is 2.09. The van der Waals surface area contributed by atoms with E-state index in [1.54, 1.807) is 6.07 Å². The summed E-state index contributed by atoms with van der Waals surface area (Å²) in [5.41, 5.74) is -4.88. The van der Waals surface area contributed by atoms with Crippen LogP contribution in [0.3, 0.4) is 0 Å². The number of halogens is 3. The fraction of sp³-hybridized carbons (Fsp3) is 0.250. The molecule has 0 N–H and O–H groups in total. The summed E-state index contributed by atoms with van der Waals surface area (Å²) in [6, 6.07) is 5.17. The molecular weight excluding hydrogens is 407 g/mol. The molecule has 2 aromatic rings. The number of carbonyl (C=O) groups is 1. The van der Waals surface area contributed by atoms with E-state index in [0.29, 0.717) is 27.3 Å². The van der Waals surface area contributed by atoms with Crippen LogP contribution in [0.4, 0.5) is 18.9 Å². The largest absolute Gasteiger partial charge is 0.534 e. The highest BCUT2D eigenvalue weighted by molar-refractivity contribution is 7.88. The van der Waals surface area contributed by atoms with Gasteiger partial charge in [-0.3, -0.25) is 0 Å². The number of hydrogen-bond donors (Lipinski definition) is 0. The van der Waals surface area contributed by atoms with Crippen molar-refractivity contribution in [3.8, 4) is 16.2 Å². The first-order valence-corrected chi connectivity index (χ1v) is 9.50. The molecule has 0 fully saturated rings. The lowest BCUT2D eigenvalue weighted by Crippen LogP contribution is -2.28. The summed E-state index contributed by atoms with van der Waals surface area (Å²) in [5, 5.41) is 0. The highest BCUT2D eigenvalue weighted by Crippen LogP contribution is 2.39. The minimum absolute atomic E-state index is 0.374. The zero-order chi connectivity index (χ0) is 20.4. The van der Waals surface area contributed by atoms with Gasteiger partial charge in [0.05, 0.1) is 13.7 Å². The van der Waals surface area contributed by atoms with E-state index in [0.717, 1.165) is 17.4 Å². The van der Waals surface area contributed by atoms with Crippen molar-refractivity contribution in [2.24, 2.45) is 0 Å². The lowest BCUT2D eigenvalue weighted by atomic mass is 10.1. The number of thiophene rings is 1. The van der Waals surface area contributed by atoms with Crippen LogP contribution in [-0.2, 0) is 21.3 Å². The van der Waals surface area contributed by atoms with Crippen LogP contribution in [0.15, 0.2) is 24.3 Å². The van der Waals surface area contributed by atoms with Gasteiger partial charge in [-0.15, -0.1) is 11.3 Å². The maximum Gasteiger partial charge on any atom is 0.534 e. The van der Waals surface area contributed by atoms with Crippen molar-refractivity contribution in [1.29, 1.82) is 0 Å². The van der Waals surface area contributed by atoms with E-state index < -0.39 is 33.0 Å². The van der Waals surface area contributed by atoms with Crippen LogP contribution in [0, 0.1) is 6.57 Å². The van der Waals surface area contributed by atoms with Crippen molar-refractivity contribution in [1.82, 2.24) is 0 Å². The minimum Gasteiger partial charge on any atom is -0.465 e. The van der Waals surface area contributed by atoms with Gasteiger partial charge in [-0.2, -0.15) is 21.6 Å². The van der Waals surface area contributed by atoms with Gasteiger partial charge in [0.15, 0.2) is 0 Å². The van der Waals surface area contributed by atoms with E-state index in [9.17, 15) is 26.4 Å². The summed E-state index contributed by atoms with van der Waals surface area (Å²) in [6.45, 7) is 8.92. The maximum atomic E-state index is 12.5. The maximum absolute atomic E-state index is 12.5. The van der Waals surface area contributed by atoms with Crippen LogP contribution < -0.4 is 4.18 Å². The molecule has 11 heteroatoms. The van der Waals surface area contributed by atoms with E-state index in [-0.39, 0.29) is 0 Å². The standard InChI is InChI=1S/C16H12F3NO5S2/c1-4-9-8-13(26-14(9)15(21)24-3)10-5-6-12(11(7-10)20-2)25-27(22,23)16(17,18)19/h5-8H,4H2,1,3H3. The Morgan fingerprint density at radius 3 is 2.48 bits per heavy atom. The summed E-state index contributed by atoms with van der Waals surface area (Å²) >= 11 is 1.10. The number of alkyl halides is 3. The van der Waals surface area contributed by atoms with Crippen molar-refractivity contribution >= 4 is 33.1 Å². The average molecular weight is 419 g/mol. The zero-order valence-electron chi connectivity index (χ0n) is 14.0. The van der Waals surface area contributed by atoms with Crippen LogP contribution in [0.5, 0.6) is 5.75 Å². The van der Waals surface area contributed by atoms with Crippen LogP contribution in [0.2, 0.25) is 0 Å². The fourth-order valence-corrected chi connectivity index (χ4v) is 3.73. The second-order valence-corrected chi connectivity index (χ2v) is 7.68. The van der Waals surface area contributed by atoms with Crippen molar-refractivity contribution in [2.75, 3.05) is 7.11 Å². The summed E-state index contributed by atoms with van der Waals surface area (Å²) < 4.78 is 68.4. The number of ether oxygens (including phenoxy) is 1. The second kappa shape index (κ2) is 7.58. The molecule has 0 saturated heterocycles. The second-order valence-electron chi connectivity index (χ2n) is 5.09. The molecule has 0 atom stereocenters. The number of hydrogen-bond acceptors (Lipinski definition) is 6. The molecule has 0 aliphatic heterocycles. The number of aryl methyl sites for hydroxylation is 1. The molecule has 0 aliphatic rings. The molecule has 0 aliphatic carbocycles. The van der Waals surface area contributed by atoms with Gasteiger partial charge in [0.25, 0.3) is 0 Å². The molecule has 1 aromatic carbocycles. The predicted octanol–water partition coefficient (Wildman–Crippen LogP) is 4.54. The Bertz CT molecular complexity index is 1020. The Labute approximate surface area is 157 Å². The molecule has 144 valence electrons. The Balaban J connectivity index is 2.47. The van der Waals surface area contributed by atoms with Crippen LogP contribution in [0.25, 0.3) is 15.3 Å². The zero-order valence-corrected chi connectivity index (χ0v) is 15.6. The molecule has 6 nitrogen and oxygen atoms in total. The Morgan fingerprint density at radius 2 is 1.96 bits per heavy atom. The van der Waals surface area contributed by atoms with Gasteiger partial charge in [0.1, 0.15) is 10.6 Å². The van der Waals surface area contributed by atoms with Gasteiger partial charge in [0.2, 0.25) is 5.69 Å². The monoisotopic (exact) mass is 419 g/mol. The highest BCUT2D eigenvalue weighted by atomic mass is 32.2. The quantitative estimate of drug-likeness (QED) is 0.308. The number of carbonyl (C=O) groups excluding carboxylic acids is 1. The van der Waals surface area contributed by atoms with Gasteiger partial charge >= 0.3 is 21.6 Å². The third-order valence-electron chi connectivity index (χ3n) is 3.41. The van der Waals surface area contributed by atoms with E-state index in [4.69, 9.17) is 11.3 Å². The van der Waals surface area contributed by atoms with Crippen molar-refractivity contribution in [3.05, 3.63) is 46.1 Å². The average Bonchev–Trinajstić information content (AvgIpc) is 3.04. The molecule has 0 spiro atoms. The molecule has 1 aromatic heterocycles. The Kier molecular flexibility index (Phi) is 5.82. The Morgan fingerprint density at radius 1 is 1.30 bits per heavy atom.